The third kappa shape index (κ3) is 5.33. The fraction of sp³-hybridized carbons (Fsp3) is 0.250. The zero-order valence-corrected chi connectivity index (χ0v) is 20.5. The van der Waals surface area contributed by atoms with Gasteiger partial charge in [0, 0.05) is 30.2 Å². The number of rotatable bonds is 8. The number of nitrogens with one attached hydrogen (secondary N) is 1. The number of carboxylic acids is 1. The lowest BCUT2D eigenvalue weighted by molar-refractivity contribution is -0.143. The fourth-order valence-electron chi connectivity index (χ4n) is 3.78. The van der Waals surface area contributed by atoms with Crippen LogP contribution in [0.15, 0.2) is 71.3 Å². The second kappa shape index (κ2) is 9.62. The summed E-state index contributed by atoms with van der Waals surface area (Å²) in [6.45, 7) is 6.33. The second-order valence-corrected chi connectivity index (χ2v) is 9.37. The van der Waals surface area contributed by atoms with Gasteiger partial charge in [-0.1, -0.05) is 59.8 Å². The monoisotopic (exact) mass is 491 g/mol. The van der Waals surface area contributed by atoms with Crippen LogP contribution in [0.4, 0.5) is 8.78 Å². The lowest BCUT2D eigenvalue weighted by Gasteiger charge is -2.21. The van der Waals surface area contributed by atoms with Gasteiger partial charge < -0.3 is 9.63 Å². The van der Waals surface area contributed by atoms with E-state index in [4.69, 9.17) is 4.52 Å². The Bertz CT molecular complexity index is 1390. The number of alkyl halides is 2. The maximum atomic E-state index is 14.6. The summed E-state index contributed by atoms with van der Waals surface area (Å²) < 4.78 is 34.6. The highest BCUT2D eigenvalue weighted by molar-refractivity contribution is 5.77. The molecule has 0 unspecified atom stereocenters. The van der Waals surface area contributed by atoms with E-state index in [-0.39, 0.29) is 11.5 Å². The molecule has 8 heteroatoms. The van der Waals surface area contributed by atoms with Gasteiger partial charge in [-0.25, -0.2) is 8.78 Å². The molecule has 0 fully saturated rings. The molecule has 186 valence electrons. The number of carbonyl (C=O) groups is 1. The smallest absolute Gasteiger partial charge is 0.323 e. The highest BCUT2D eigenvalue weighted by atomic mass is 19.3. The number of carboxylic acid groups (broad SMARTS) is 1. The van der Waals surface area contributed by atoms with Crippen molar-refractivity contribution in [2.75, 3.05) is 0 Å². The molecule has 6 nitrogen and oxygen atoms in total. The first-order valence-electron chi connectivity index (χ1n) is 11.5. The van der Waals surface area contributed by atoms with Crippen LogP contribution in [0, 0.1) is 6.92 Å². The minimum absolute atomic E-state index is 0.116. The zero-order chi connectivity index (χ0) is 26.1. The first-order chi connectivity index (χ1) is 17.0. The Morgan fingerprint density at radius 2 is 1.64 bits per heavy atom. The van der Waals surface area contributed by atoms with E-state index in [0.717, 1.165) is 23.6 Å². The number of benzene rings is 3. The van der Waals surface area contributed by atoms with Crippen LogP contribution >= 0.6 is 0 Å². The van der Waals surface area contributed by atoms with Gasteiger partial charge >= 0.3 is 5.97 Å². The van der Waals surface area contributed by atoms with E-state index < -0.39 is 17.4 Å². The molecule has 0 amide bonds. The minimum Gasteiger partial charge on any atom is -0.480 e. The van der Waals surface area contributed by atoms with Gasteiger partial charge in [0.25, 0.3) is 11.8 Å². The molecule has 2 N–H and O–H groups in total. The molecular formula is C28H27F2N3O3. The number of hydrogen-bond acceptors (Lipinski definition) is 5. The Hall–Kier alpha value is -3.91. The first kappa shape index (κ1) is 25.2. The highest BCUT2D eigenvalue weighted by Crippen LogP contribution is 2.39. The Morgan fingerprint density at radius 1 is 0.972 bits per heavy atom. The summed E-state index contributed by atoms with van der Waals surface area (Å²) in [7, 11) is 0. The number of aliphatic carboxylic acids is 1. The molecule has 0 aliphatic rings. The molecule has 0 aliphatic carbocycles. The van der Waals surface area contributed by atoms with Crippen LogP contribution in [-0.4, -0.2) is 26.8 Å². The Balaban J connectivity index is 1.59. The average Bonchev–Trinajstić information content (AvgIpc) is 3.33. The molecule has 36 heavy (non-hydrogen) atoms. The Labute approximate surface area is 208 Å². The third-order valence-electron chi connectivity index (χ3n) is 6.08. The van der Waals surface area contributed by atoms with E-state index in [1.165, 1.54) is 6.07 Å². The second-order valence-electron chi connectivity index (χ2n) is 9.37. The van der Waals surface area contributed by atoms with Crippen LogP contribution in [0.25, 0.3) is 34.0 Å². The van der Waals surface area contributed by atoms with Gasteiger partial charge in [0.05, 0.1) is 0 Å². The van der Waals surface area contributed by atoms with Gasteiger partial charge in [0.2, 0.25) is 5.82 Å². The largest absolute Gasteiger partial charge is 0.480 e. The zero-order valence-electron chi connectivity index (χ0n) is 20.5. The van der Waals surface area contributed by atoms with Gasteiger partial charge in [0.15, 0.2) is 0 Å². The quantitative estimate of drug-likeness (QED) is 0.295. The molecule has 0 saturated carbocycles. The summed E-state index contributed by atoms with van der Waals surface area (Å²) >= 11 is 0. The molecule has 4 rings (SSSR count). The summed E-state index contributed by atoms with van der Waals surface area (Å²) in [5.74, 6) is -3.55. The standard InChI is InChI=1S/C28H27F2N3O3/c1-17-7-5-6-8-21(17)22-14-13-20(15-23(22)28(4,29)30)25-32-24(33-36-25)19-11-9-18(10-12-19)16-31-27(2,3)26(34)35/h5-15,31H,16H2,1-4H3,(H,34,35). The van der Waals surface area contributed by atoms with Crippen LogP contribution in [0.5, 0.6) is 0 Å². The first-order valence-corrected chi connectivity index (χ1v) is 11.5. The van der Waals surface area contributed by atoms with Crippen LogP contribution in [0.2, 0.25) is 0 Å². The van der Waals surface area contributed by atoms with Crippen molar-refractivity contribution in [1.82, 2.24) is 15.5 Å². The Morgan fingerprint density at radius 3 is 2.28 bits per heavy atom. The lowest BCUT2D eigenvalue weighted by atomic mass is 9.92. The molecule has 0 spiro atoms. The van der Waals surface area contributed by atoms with Crippen LogP contribution < -0.4 is 5.32 Å². The summed E-state index contributed by atoms with van der Waals surface area (Å²) in [5.41, 5.74) is 2.91. The van der Waals surface area contributed by atoms with E-state index in [1.54, 1.807) is 38.1 Å². The average molecular weight is 492 g/mol. The number of nitrogens with zero attached hydrogens (tertiary/aromatic N) is 2. The molecule has 0 saturated heterocycles. The topological polar surface area (TPSA) is 88.2 Å². The number of hydrogen-bond donors (Lipinski definition) is 2. The van der Waals surface area contributed by atoms with Crippen molar-refractivity contribution >= 4 is 5.97 Å². The number of aryl methyl sites for hydroxylation is 1. The highest BCUT2D eigenvalue weighted by Gasteiger charge is 2.30. The van der Waals surface area contributed by atoms with Gasteiger partial charge in [-0.05, 0) is 55.2 Å². The predicted molar refractivity (Wildman–Crippen MR) is 133 cm³/mol. The summed E-state index contributed by atoms with van der Waals surface area (Å²) in [6, 6.07) is 19.4. The van der Waals surface area contributed by atoms with Crippen molar-refractivity contribution in [3.05, 3.63) is 83.4 Å². The fourth-order valence-corrected chi connectivity index (χ4v) is 3.78. The van der Waals surface area contributed by atoms with E-state index in [1.807, 2.05) is 43.3 Å². The normalized spacial score (nSPS) is 12.1. The van der Waals surface area contributed by atoms with Crippen molar-refractivity contribution in [2.45, 2.75) is 45.7 Å². The Kier molecular flexibility index (Phi) is 6.73. The molecule has 4 aromatic rings. The maximum absolute atomic E-state index is 14.6. The van der Waals surface area contributed by atoms with Crippen molar-refractivity contribution in [1.29, 1.82) is 0 Å². The van der Waals surface area contributed by atoms with Crippen molar-refractivity contribution in [2.24, 2.45) is 0 Å². The summed E-state index contributed by atoms with van der Waals surface area (Å²) in [4.78, 5) is 15.7. The maximum Gasteiger partial charge on any atom is 0.323 e. The van der Waals surface area contributed by atoms with Gasteiger partial charge in [-0.15, -0.1) is 0 Å². The third-order valence-corrected chi connectivity index (χ3v) is 6.08. The molecule has 0 atom stereocenters. The van der Waals surface area contributed by atoms with Gasteiger partial charge in [-0.3, -0.25) is 10.1 Å². The lowest BCUT2D eigenvalue weighted by Crippen LogP contribution is -2.46. The number of aromatic nitrogens is 2. The molecule has 0 radical (unpaired) electrons. The summed E-state index contributed by atoms with van der Waals surface area (Å²) in [6.07, 6.45) is 0. The molecule has 1 aromatic heterocycles. The molecule has 3 aromatic carbocycles. The van der Waals surface area contributed by atoms with Gasteiger partial charge in [0.1, 0.15) is 5.54 Å². The van der Waals surface area contributed by atoms with Crippen LogP contribution in [-0.2, 0) is 17.3 Å². The molecular weight excluding hydrogens is 464 g/mol. The van der Waals surface area contributed by atoms with Crippen molar-refractivity contribution in [3.8, 4) is 34.0 Å². The van der Waals surface area contributed by atoms with E-state index >= 15 is 0 Å². The van der Waals surface area contributed by atoms with Crippen LogP contribution in [0.1, 0.15) is 37.5 Å². The predicted octanol–water partition coefficient (Wildman–Crippen LogP) is 6.44. The molecule has 0 bridgehead atoms. The van der Waals surface area contributed by atoms with Crippen molar-refractivity contribution < 1.29 is 23.2 Å². The number of halogens is 2. The van der Waals surface area contributed by atoms with E-state index in [9.17, 15) is 18.7 Å². The van der Waals surface area contributed by atoms with E-state index in [2.05, 4.69) is 15.5 Å². The van der Waals surface area contributed by atoms with Crippen LogP contribution in [0.3, 0.4) is 0 Å². The molecule has 1 heterocycles. The molecule has 0 aliphatic heterocycles. The van der Waals surface area contributed by atoms with Crippen molar-refractivity contribution in [3.63, 3.8) is 0 Å². The minimum atomic E-state index is -3.07. The summed E-state index contributed by atoms with van der Waals surface area (Å²) in [5, 5.41) is 16.2. The van der Waals surface area contributed by atoms with Gasteiger partial charge in [-0.2, -0.15) is 4.98 Å². The van der Waals surface area contributed by atoms with E-state index in [0.29, 0.717) is 29.1 Å². The SMILES string of the molecule is Cc1ccccc1-c1ccc(-c2nc(-c3ccc(CNC(C)(C)C(=O)O)cc3)no2)cc1C(C)(F)F.